The van der Waals surface area contributed by atoms with Crippen LogP contribution in [0.4, 0.5) is 10.1 Å². The van der Waals surface area contributed by atoms with E-state index in [9.17, 15) is 9.18 Å². The lowest BCUT2D eigenvalue weighted by atomic mass is 10.2. The maximum absolute atomic E-state index is 13.0. The van der Waals surface area contributed by atoms with Crippen molar-refractivity contribution in [2.75, 3.05) is 12.4 Å². The minimum Gasteiger partial charge on any atom is -0.497 e. The van der Waals surface area contributed by atoms with Crippen LogP contribution in [0.3, 0.4) is 0 Å². The van der Waals surface area contributed by atoms with Crippen molar-refractivity contribution in [1.29, 1.82) is 0 Å². The molecule has 1 N–H and O–H groups in total. The minimum absolute atomic E-state index is 0.0791. The van der Waals surface area contributed by atoms with E-state index in [-0.39, 0.29) is 11.7 Å². The Hall–Kier alpha value is -2.73. The molecule has 0 aliphatic carbocycles. The van der Waals surface area contributed by atoms with E-state index in [1.807, 2.05) is 23.6 Å². The van der Waals surface area contributed by atoms with Crippen molar-refractivity contribution in [2.45, 2.75) is 12.8 Å². The van der Waals surface area contributed by atoms with Gasteiger partial charge in [-0.3, -0.25) is 4.79 Å². The third kappa shape index (κ3) is 4.64. The molecular formula is C19H17FN2O2S. The number of methoxy groups -OCH3 is 1. The molecule has 1 aromatic heterocycles. The van der Waals surface area contributed by atoms with Gasteiger partial charge in [-0.25, -0.2) is 9.37 Å². The van der Waals surface area contributed by atoms with Crippen LogP contribution >= 0.6 is 11.3 Å². The summed E-state index contributed by atoms with van der Waals surface area (Å²) < 4.78 is 18.1. The smallest absolute Gasteiger partial charge is 0.224 e. The van der Waals surface area contributed by atoms with Crippen molar-refractivity contribution in [3.05, 3.63) is 65.4 Å². The molecule has 128 valence electrons. The number of aromatic nitrogens is 1. The Morgan fingerprint density at radius 2 is 2.04 bits per heavy atom. The maximum Gasteiger partial charge on any atom is 0.224 e. The number of thiazole rings is 1. The molecule has 0 atom stereocenters. The largest absolute Gasteiger partial charge is 0.497 e. The van der Waals surface area contributed by atoms with Crippen LogP contribution < -0.4 is 10.1 Å². The molecule has 3 rings (SSSR count). The summed E-state index contributed by atoms with van der Waals surface area (Å²) in [5.74, 6) is 0.348. The number of aryl methyl sites for hydroxylation is 1. The highest BCUT2D eigenvalue weighted by atomic mass is 32.1. The SMILES string of the molecule is COc1cccc(NC(=O)CCc2csc(-c3ccc(F)cc3)n2)c1. The van der Waals surface area contributed by atoms with Crippen LogP contribution in [-0.2, 0) is 11.2 Å². The normalized spacial score (nSPS) is 10.5. The first-order chi connectivity index (χ1) is 12.1. The lowest BCUT2D eigenvalue weighted by molar-refractivity contribution is -0.116. The van der Waals surface area contributed by atoms with Crippen LogP contribution in [0.2, 0.25) is 0 Å². The molecule has 1 heterocycles. The molecule has 2 aromatic carbocycles. The van der Waals surface area contributed by atoms with Gasteiger partial charge in [0.05, 0.1) is 12.8 Å². The Kier molecular flexibility index (Phi) is 5.40. The number of anilines is 1. The van der Waals surface area contributed by atoms with Gasteiger partial charge in [0, 0.05) is 29.1 Å². The van der Waals surface area contributed by atoms with E-state index in [2.05, 4.69) is 10.3 Å². The minimum atomic E-state index is -0.269. The summed E-state index contributed by atoms with van der Waals surface area (Å²) >= 11 is 1.49. The van der Waals surface area contributed by atoms with E-state index >= 15 is 0 Å². The summed E-state index contributed by atoms with van der Waals surface area (Å²) in [6.45, 7) is 0. The number of rotatable bonds is 6. The van der Waals surface area contributed by atoms with E-state index in [1.165, 1.54) is 23.5 Å². The van der Waals surface area contributed by atoms with Crippen LogP contribution in [0.5, 0.6) is 5.75 Å². The Morgan fingerprint density at radius 1 is 1.24 bits per heavy atom. The van der Waals surface area contributed by atoms with Gasteiger partial charge in [-0.1, -0.05) is 6.07 Å². The average molecular weight is 356 g/mol. The molecule has 0 saturated heterocycles. The van der Waals surface area contributed by atoms with Crippen LogP contribution in [0.25, 0.3) is 10.6 Å². The number of hydrogen-bond acceptors (Lipinski definition) is 4. The van der Waals surface area contributed by atoms with E-state index in [4.69, 9.17) is 4.74 Å². The zero-order chi connectivity index (χ0) is 17.6. The molecular weight excluding hydrogens is 339 g/mol. The van der Waals surface area contributed by atoms with Gasteiger partial charge >= 0.3 is 0 Å². The van der Waals surface area contributed by atoms with Crippen LogP contribution in [-0.4, -0.2) is 18.0 Å². The number of hydrogen-bond donors (Lipinski definition) is 1. The standard InChI is InChI=1S/C19H17FN2O2S/c1-24-17-4-2-3-15(11-17)21-18(23)10-9-16-12-25-19(22-16)13-5-7-14(20)8-6-13/h2-8,11-12H,9-10H2,1H3,(H,21,23). The average Bonchev–Trinajstić information content (AvgIpc) is 3.10. The molecule has 3 aromatic rings. The van der Waals surface area contributed by atoms with Crippen molar-refractivity contribution >= 4 is 22.9 Å². The van der Waals surface area contributed by atoms with Gasteiger partial charge in [-0.2, -0.15) is 0 Å². The summed E-state index contributed by atoms with van der Waals surface area (Å²) in [5, 5.41) is 5.60. The van der Waals surface area contributed by atoms with E-state index < -0.39 is 0 Å². The number of amides is 1. The maximum atomic E-state index is 13.0. The van der Waals surface area contributed by atoms with Crippen LogP contribution in [0.15, 0.2) is 53.9 Å². The van der Waals surface area contributed by atoms with E-state index in [0.29, 0.717) is 24.3 Å². The first kappa shape index (κ1) is 17.1. The van der Waals surface area contributed by atoms with Crippen molar-refractivity contribution in [3.63, 3.8) is 0 Å². The third-order valence-electron chi connectivity index (χ3n) is 3.60. The van der Waals surface area contributed by atoms with Crippen LogP contribution in [0, 0.1) is 5.82 Å². The van der Waals surface area contributed by atoms with Crippen molar-refractivity contribution in [2.24, 2.45) is 0 Å². The molecule has 6 heteroatoms. The highest BCUT2D eigenvalue weighted by molar-refractivity contribution is 7.13. The van der Waals surface area contributed by atoms with Gasteiger partial charge in [-0.05, 0) is 42.8 Å². The van der Waals surface area contributed by atoms with Crippen molar-refractivity contribution in [3.8, 4) is 16.3 Å². The lowest BCUT2D eigenvalue weighted by Crippen LogP contribution is -2.12. The van der Waals surface area contributed by atoms with E-state index in [1.54, 1.807) is 25.3 Å². The highest BCUT2D eigenvalue weighted by Crippen LogP contribution is 2.24. The van der Waals surface area contributed by atoms with Crippen molar-refractivity contribution < 1.29 is 13.9 Å². The monoisotopic (exact) mass is 356 g/mol. The summed E-state index contributed by atoms with van der Waals surface area (Å²) in [6, 6.07) is 13.5. The number of halogens is 1. The zero-order valence-corrected chi connectivity index (χ0v) is 14.5. The Morgan fingerprint density at radius 3 is 2.80 bits per heavy atom. The fourth-order valence-electron chi connectivity index (χ4n) is 2.31. The predicted octanol–water partition coefficient (Wildman–Crippen LogP) is 4.53. The molecule has 0 fully saturated rings. The summed E-state index contributed by atoms with van der Waals surface area (Å²) in [4.78, 5) is 16.6. The number of benzene rings is 2. The predicted molar refractivity (Wildman–Crippen MR) is 97.5 cm³/mol. The molecule has 4 nitrogen and oxygen atoms in total. The zero-order valence-electron chi connectivity index (χ0n) is 13.7. The molecule has 25 heavy (non-hydrogen) atoms. The topological polar surface area (TPSA) is 51.2 Å². The fourth-order valence-corrected chi connectivity index (χ4v) is 3.17. The number of nitrogens with one attached hydrogen (secondary N) is 1. The first-order valence-corrected chi connectivity index (χ1v) is 8.66. The van der Waals surface area contributed by atoms with Gasteiger partial charge in [-0.15, -0.1) is 11.3 Å². The van der Waals surface area contributed by atoms with E-state index in [0.717, 1.165) is 16.3 Å². The Bertz CT molecular complexity index is 862. The number of carbonyl (C=O) groups excluding carboxylic acids is 1. The quantitative estimate of drug-likeness (QED) is 0.706. The van der Waals surface area contributed by atoms with Crippen molar-refractivity contribution in [1.82, 2.24) is 4.98 Å². The van der Waals surface area contributed by atoms with Crippen LogP contribution in [0.1, 0.15) is 12.1 Å². The summed E-state index contributed by atoms with van der Waals surface area (Å²) in [5.41, 5.74) is 2.43. The molecule has 0 unspecified atom stereocenters. The van der Waals surface area contributed by atoms with Gasteiger partial charge in [0.15, 0.2) is 0 Å². The summed E-state index contributed by atoms with van der Waals surface area (Å²) in [6.07, 6.45) is 0.886. The number of carbonyl (C=O) groups is 1. The van der Waals surface area contributed by atoms with Gasteiger partial charge in [0.2, 0.25) is 5.91 Å². The molecule has 0 radical (unpaired) electrons. The second kappa shape index (κ2) is 7.90. The first-order valence-electron chi connectivity index (χ1n) is 7.78. The lowest BCUT2D eigenvalue weighted by Gasteiger charge is -2.06. The number of nitrogens with zero attached hydrogens (tertiary/aromatic N) is 1. The number of ether oxygens (including phenoxy) is 1. The summed E-state index contributed by atoms with van der Waals surface area (Å²) in [7, 11) is 1.59. The molecule has 0 aliphatic heterocycles. The molecule has 0 saturated carbocycles. The van der Waals surface area contributed by atoms with Gasteiger partial charge in [0.25, 0.3) is 0 Å². The highest BCUT2D eigenvalue weighted by Gasteiger charge is 2.08. The molecule has 0 bridgehead atoms. The second-order valence-electron chi connectivity index (χ2n) is 5.43. The fraction of sp³-hybridized carbons (Fsp3) is 0.158. The third-order valence-corrected chi connectivity index (χ3v) is 4.54. The van der Waals surface area contributed by atoms with Gasteiger partial charge < -0.3 is 10.1 Å². The molecule has 0 aliphatic rings. The Labute approximate surface area is 149 Å². The molecule has 1 amide bonds. The molecule has 0 spiro atoms. The van der Waals surface area contributed by atoms with Gasteiger partial charge in [0.1, 0.15) is 16.6 Å². The second-order valence-corrected chi connectivity index (χ2v) is 6.29. The Balaban J connectivity index is 1.56.